The summed E-state index contributed by atoms with van der Waals surface area (Å²) in [5.41, 5.74) is -3.39. The molecule has 0 bridgehead atoms. The lowest BCUT2D eigenvalue weighted by atomic mass is 9.88. The summed E-state index contributed by atoms with van der Waals surface area (Å²) in [6.07, 6.45) is -5.43. The highest BCUT2D eigenvalue weighted by Gasteiger charge is 2.70. The smallest absolute Gasteiger partial charge is 0.425 e. The van der Waals surface area contributed by atoms with Crippen molar-refractivity contribution in [3.63, 3.8) is 0 Å². The van der Waals surface area contributed by atoms with Crippen LogP contribution in [0.15, 0.2) is 71.9 Å². The molecule has 0 radical (unpaired) electrons. The maximum Gasteiger partial charge on any atom is 0.425 e. The number of esters is 1. The van der Waals surface area contributed by atoms with E-state index in [9.17, 15) is 27.6 Å². The first-order valence-electron chi connectivity index (χ1n) is 10.2. The molecule has 33 heavy (non-hydrogen) atoms. The van der Waals surface area contributed by atoms with E-state index >= 15 is 0 Å². The third kappa shape index (κ3) is 4.62. The van der Waals surface area contributed by atoms with Gasteiger partial charge in [-0.2, -0.15) is 13.2 Å². The lowest BCUT2D eigenvalue weighted by Gasteiger charge is -2.33. The number of ether oxygens (including phenoxy) is 1. The minimum absolute atomic E-state index is 0.165. The number of carbonyl (C=O) groups excluding carboxylic acids is 3. The first kappa shape index (κ1) is 24.0. The van der Waals surface area contributed by atoms with E-state index in [0.717, 1.165) is 17.6 Å². The molecule has 0 saturated heterocycles. The Labute approximate surface area is 189 Å². The van der Waals surface area contributed by atoms with Crippen molar-refractivity contribution in [1.29, 1.82) is 0 Å². The van der Waals surface area contributed by atoms with Gasteiger partial charge >= 0.3 is 12.1 Å². The molecule has 174 valence electrons. The van der Waals surface area contributed by atoms with Crippen molar-refractivity contribution >= 4 is 17.8 Å². The number of nitrogens with zero attached hydrogens (tertiary/aromatic N) is 1. The van der Waals surface area contributed by atoms with E-state index in [1.54, 1.807) is 60.7 Å². The third-order valence-electron chi connectivity index (χ3n) is 5.52. The molecule has 2 aromatic carbocycles. The van der Waals surface area contributed by atoms with Gasteiger partial charge in [-0.1, -0.05) is 60.7 Å². The zero-order chi connectivity index (χ0) is 24.2. The first-order chi connectivity index (χ1) is 15.6. The minimum Gasteiger partial charge on any atom is -0.466 e. The molecule has 1 atom stereocenters. The number of methoxy groups -OCH3 is 1. The van der Waals surface area contributed by atoms with Gasteiger partial charge < -0.3 is 15.0 Å². The number of rotatable bonds is 7. The van der Waals surface area contributed by atoms with Crippen LogP contribution < -0.4 is 5.32 Å². The van der Waals surface area contributed by atoms with Crippen molar-refractivity contribution in [2.24, 2.45) is 0 Å². The lowest BCUT2D eigenvalue weighted by Crippen LogP contribution is -2.66. The SMILES string of the molecule is COC(=O)C1=C(C)N(Cc2ccccc2)C(=O)C1(NC(=O)CCc1ccccc1)C(F)(F)F. The molecule has 1 N–H and O–H groups in total. The Morgan fingerprint density at radius 2 is 1.55 bits per heavy atom. The zero-order valence-electron chi connectivity index (χ0n) is 18.1. The van der Waals surface area contributed by atoms with Gasteiger partial charge in [0, 0.05) is 12.1 Å². The van der Waals surface area contributed by atoms with Crippen LogP contribution in [0.1, 0.15) is 24.5 Å². The van der Waals surface area contributed by atoms with Crippen LogP contribution in [0.3, 0.4) is 0 Å². The van der Waals surface area contributed by atoms with Gasteiger partial charge in [-0.25, -0.2) is 4.79 Å². The number of halogens is 3. The second-order valence-corrected chi connectivity index (χ2v) is 7.61. The fourth-order valence-corrected chi connectivity index (χ4v) is 3.85. The van der Waals surface area contributed by atoms with Crippen LogP contribution in [-0.4, -0.2) is 41.5 Å². The quantitative estimate of drug-likeness (QED) is 0.642. The highest BCUT2D eigenvalue weighted by molar-refractivity contribution is 6.10. The molecule has 1 aliphatic rings. The van der Waals surface area contributed by atoms with E-state index < -0.39 is 35.1 Å². The van der Waals surface area contributed by atoms with Gasteiger partial charge in [0.25, 0.3) is 5.91 Å². The molecule has 3 rings (SSSR count). The fraction of sp³-hybridized carbons (Fsp3) is 0.292. The van der Waals surface area contributed by atoms with E-state index in [0.29, 0.717) is 5.56 Å². The maximum absolute atomic E-state index is 14.5. The normalized spacial score (nSPS) is 18.5. The number of hydrogen-bond acceptors (Lipinski definition) is 4. The summed E-state index contributed by atoms with van der Waals surface area (Å²) in [7, 11) is 0.922. The van der Waals surface area contributed by atoms with Crippen molar-refractivity contribution in [2.75, 3.05) is 7.11 Å². The van der Waals surface area contributed by atoms with Crippen molar-refractivity contribution in [3.8, 4) is 0 Å². The summed E-state index contributed by atoms with van der Waals surface area (Å²) in [6, 6.07) is 17.1. The van der Waals surface area contributed by atoms with Crippen molar-refractivity contribution in [2.45, 2.75) is 38.0 Å². The second-order valence-electron chi connectivity index (χ2n) is 7.61. The topological polar surface area (TPSA) is 75.7 Å². The summed E-state index contributed by atoms with van der Waals surface area (Å²) < 4.78 is 48.1. The number of nitrogens with one attached hydrogen (secondary N) is 1. The molecule has 2 aromatic rings. The molecular weight excluding hydrogens is 437 g/mol. The Morgan fingerprint density at radius 1 is 1.00 bits per heavy atom. The predicted octanol–water partition coefficient (Wildman–Crippen LogP) is 3.53. The Hall–Kier alpha value is -3.62. The predicted molar refractivity (Wildman–Crippen MR) is 113 cm³/mol. The van der Waals surface area contributed by atoms with Crippen LogP contribution in [0.2, 0.25) is 0 Å². The molecule has 0 saturated carbocycles. The molecule has 0 fully saturated rings. The van der Waals surface area contributed by atoms with Crippen LogP contribution in [-0.2, 0) is 32.1 Å². The summed E-state index contributed by atoms with van der Waals surface area (Å²) >= 11 is 0. The largest absolute Gasteiger partial charge is 0.466 e. The van der Waals surface area contributed by atoms with E-state index in [1.165, 1.54) is 6.92 Å². The molecule has 0 spiro atoms. The van der Waals surface area contributed by atoms with Crippen LogP contribution >= 0.6 is 0 Å². The van der Waals surface area contributed by atoms with Crippen LogP contribution in [0.25, 0.3) is 0 Å². The number of amides is 2. The fourth-order valence-electron chi connectivity index (χ4n) is 3.85. The van der Waals surface area contributed by atoms with E-state index in [-0.39, 0.29) is 25.1 Å². The third-order valence-corrected chi connectivity index (χ3v) is 5.52. The van der Waals surface area contributed by atoms with Gasteiger partial charge in [0.15, 0.2) is 0 Å². The Bertz CT molecular complexity index is 1070. The number of aryl methyl sites for hydroxylation is 1. The molecule has 1 unspecified atom stereocenters. The monoisotopic (exact) mass is 460 g/mol. The molecule has 1 heterocycles. The number of alkyl halides is 3. The average Bonchev–Trinajstić information content (AvgIpc) is 3.00. The van der Waals surface area contributed by atoms with Gasteiger partial charge in [0.2, 0.25) is 11.4 Å². The summed E-state index contributed by atoms with van der Waals surface area (Å²) in [4.78, 5) is 39.2. The number of allylic oxidation sites excluding steroid dienone is 1. The molecule has 0 aliphatic carbocycles. The number of hydrogen-bond donors (Lipinski definition) is 1. The van der Waals surface area contributed by atoms with Crippen molar-refractivity contribution < 1.29 is 32.3 Å². The standard InChI is InChI=1S/C24H23F3N2O4/c1-16-20(21(31)33-2)23(24(25,26)27,22(32)29(16)15-18-11-7-4-8-12-18)28-19(30)14-13-17-9-5-3-6-10-17/h3-12H,13-15H2,1-2H3,(H,28,30). The zero-order valence-corrected chi connectivity index (χ0v) is 18.1. The lowest BCUT2D eigenvalue weighted by molar-refractivity contribution is -0.196. The van der Waals surface area contributed by atoms with Gasteiger partial charge in [0.05, 0.1) is 13.7 Å². The Morgan fingerprint density at radius 3 is 2.06 bits per heavy atom. The molecule has 9 heteroatoms. The Kier molecular flexibility index (Phi) is 6.90. The molecule has 2 amide bonds. The summed E-state index contributed by atoms with van der Waals surface area (Å²) in [5.74, 6) is -3.80. The molecule has 1 aliphatic heterocycles. The van der Waals surface area contributed by atoms with Crippen LogP contribution in [0.5, 0.6) is 0 Å². The van der Waals surface area contributed by atoms with Crippen molar-refractivity contribution in [3.05, 3.63) is 83.1 Å². The minimum atomic E-state index is -5.29. The van der Waals surface area contributed by atoms with Crippen LogP contribution in [0, 0.1) is 0 Å². The van der Waals surface area contributed by atoms with Crippen molar-refractivity contribution in [1.82, 2.24) is 10.2 Å². The van der Waals surface area contributed by atoms with Crippen LogP contribution in [0.4, 0.5) is 13.2 Å². The molecule has 6 nitrogen and oxygen atoms in total. The highest BCUT2D eigenvalue weighted by Crippen LogP contribution is 2.45. The highest BCUT2D eigenvalue weighted by atomic mass is 19.4. The van der Waals surface area contributed by atoms with E-state index in [2.05, 4.69) is 4.74 Å². The first-order valence-corrected chi connectivity index (χ1v) is 10.2. The average molecular weight is 460 g/mol. The number of carbonyl (C=O) groups is 3. The summed E-state index contributed by atoms with van der Waals surface area (Å²) in [6.45, 7) is 1.03. The van der Waals surface area contributed by atoms with Gasteiger partial charge in [-0.15, -0.1) is 0 Å². The molecular formula is C24H23F3N2O4. The molecule has 0 aromatic heterocycles. The summed E-state index contributed by atoms with van der Waals surface area (Å²) in [5, 5.41) is 1.85. The maximum atomic E-state index is 14.5. The van der Waals surface area contributed by atoms with E-state index in [4.69, 9.17) is 0 Å². The van der Waals surface area contributed by atoms with Gasteiger partial charge in [0.1, 0.15) is 5.57 Å². The van der Waals surface area contributed by atoms with Gasteiger partial charge in [-0.3, -0.25) is 9.59 Å². The Balaban J connectivity index is 1.99. The second kappa shape index (κ2) is 9.48. The van der Waals surface area contributed by atoms with Gasteiger partial charge in [-0.05, 0) is 24.5 Å². The van der Waals surface area contributed by atoms with E-state index in [1.807, 2.05) is 5.32 Å². The number of benzene rings is 2.